The van der Waals surface area contributed by atoms with Crippen molar-refractivity contribution in [2.45, 2.75) is 12.7 Å². The molecule has 0 unspecified atom stereocenters. The lowest BCUT2D eigenvalue weighted by Crippen LogP contribution is -2.37. The highest BCUT2D eigenvalue weighted by Gasteiger charge is 2.38. The van der Waals surface area contributed by atoms with Crippen LogP contribution in [0.1, 0.15) is 11.5 Å². The Bertz CT molecular complexity index is 698. The predicted octanol–water partition coefficient (Wildman–Crippen LogP) is 2.80. The fourth-order valence-electron chi connectivity index (χ4n) is 1.81. The van der Waals surface area contributed by atoms with E-state index in [9.17, 15) is 18.0 Å². The molecule has 0 saturated carbocycles. The summed E-state index contributed by atoms with van der Waals surface area (Å²) in [7, 11) is 4.55. The van der Waals surface area contributed by atoms with E-state index in [1.165, 1.54) is 24.1 Å². The summed E-state index contributed by atoms with van der Waals surface area (Å²) in [5.41, 5.74) is 1.08. The Morgan fingerprint density at radius 1 is 1.25 bits per heavy atom. The number of benzene rings is 1. The highest BCUT2D eigenvalue weighted by atomic mass is 19.4. The molecular weight excluding hydrogens is 329 g/mol. The number of aromatic nitrogens is 2. The first-order valence-electron chi connectivity index (χ1n) is 6.75. The van der Waals surface area contributed by atoms with Crippen LogP contribution in [0.2, 0.25) is 0 Å². The Kier molecular flexibility index (Phi) is 5.07. The van der Waals surface area contributed by atoms with Crippen molar-refractivity contribution in [3.63, 3.8) is 0 Å². The van der Waals surface area contributed by atoms with E-state index in [2.05, 4.69) is 14.7 Å². The number of urea groups is 1. The van der Waals surface area contributed by atoms with Crippen molar-refractivity contribution in [3.8, 4) is 11.4 Å². The molecule has 0 radical (unpaired) electrons. The van der Waals surface area contributed by atoms with E-state index < -0.39 is 12.1 Å². The minimum atomic E-state index is -4.68. The zero-order valence-electron chi connectivity index (χ0n) is 13.2. The summed E-state index contributed by atoms with van der Waals surface area (Å²) in [5.74, 6) is -1.56. The number of carbonyl (C=O) groups is 1. The number of nitrogens with zero attached hydrogens (tertiary/aromatic N) is 4. The first kappa shape index (κ1) is 17.7. The third-order valence-electron chi connectivity index (χ3n) is 3.02. The SMILES string of the molecule is CON(Cc1ccc(-c2noc(C(F)(F)F)n2)cc1)C(=O)N(C)C. The molecule has 24 heavy (non-hydrogen) atoms. The van der Waals surface area contributed by atoms with Crippen molar-refractivity contribution in [1.82, 2.24) is 20.1 Å². The molecule has 0 saturated heterocycles. The van der Waals surface area contributed by atoms with Gasteiger partial charge in [-0.3, -0.25) is 4.84 Å². The maximum Gasteiger partial charge on any atom is 0.471 e. The Morgan fingerprint density at radius 2 is 1.88 bits per heavy atom. The quantitative estimate of drug-likeness (QED) is 0.798. The van der Waals surface area contributed by atoms with E-state index in [0.29, 0.717) is 5.56 Å². The van der Waals surface area contributed by atoms with Crippen LogP contribution in [-0.4, -0.2) is 47.3 Å². The molecule has 1 aromatic carbocycles. The summed E-state index contributed by atoms with van der Waals surface area (Å²) in [4.78, 5) is 21.5. The van der Waals surface area contributed by atoms with E-state index >= 15 is 0 Å². The number of alkyl halides is 3. The van der Waals surface area contributed by atoms with E-state index in [1.54, 1.807) is 26.2 Å². The van der Waals surface area contributed by atoms with Crippen LogP contribution in [0.5, 0.6) is 0 Å². The van der Waals surface area contributed by atoms with Crippen LogP contribution in [0.3, 0.4) is 0 Å². The van der Waals surface area contributed by atoms with Crippen LogP contribution in [0.15, 0.2) is 28.8 Å². The lowest BCUT2D eigenvalue weighted by atomic mass is 10.1. The second-order valence-electron chi connectivity index (χ2n) is 5.01. The van der Waals surface area contributed by atoms with Crippen LogP contribution in [-0.2, 0) is 17.6 Å². The van der Waals surface area contributed by atoms with Crippen LogP contribution >= 0.6 is 0 Å². The van der Waals surface area contributed by atoms with E-state index in [4.69, 9.17) is 4.84 Å². The van der Waals surface area contributed by atoms with Crippen molar-refractivity contribution >= 4 is 6.03 Å². The second-order valence-corrected chi connectivity index (χ2v) is 5.01. The van der Waals surface area contributed by atoms with Gasteiger partial charge in [-0.05, 0) is 5.56 Å². The van der Waals surface area contributed by atoms with Crippen molar-refractivity contribution in [2.24, 2.45) is 0 Å². The standard InChI is InChI=1S/C14H15F3N4O3/c1-20(2)13(22)21(23-3)8-9-4-6-10(7-5-9)11-18-12(24-19-11)14(15,16)17/h4-7H,8H2,1-3H3. The molecule has 0 aliphatic carbocycles. The molecule has 130 valence electrons. The third kappa shape index (κ3) is 4.02. The zero-order chi connectivity index (χ0) is 17.9. The van der Waals surface area contributed by atoms with Gasteiger partial charge >= 0.3 is 18.1 Å². The summed E-state index contributed by atoms with van der Waals surface area (Å²) in [6, 6.07) is 6.00. The van der Waals surface area contributed by atoms with Gasteiger partial charge in [-0.25, -0.2) is 4.79 Å². The monoisotopic (exact) mass is 344 g/mol. The molecule has 0 aliphatic heterocycles. The largest absolute Gasteiger partial charge is 0.471 e. The number of carbonyl (C=O) groups excluding carboxylic acids is 1. The fourth-order valence-corrected chi connectivity index (χ4v) is 1.81. The molecule has 1 heterocycles. The van der Waals surface area contributed by atoms with Gasteiger partial charge in [-0.15, -0.1) is 0 Å². The molecular formula is C14H15F3N4O3. The first-order chi connectivity index (χ1) is 11.2. The van der Waals surface area contributed by atoms with Crippen LogP contribution in [0.25, 0.3) is 11.4 Å². The molecule has 10 heteroatoms. The fraction of sp³-hybridized carbons (Fsp3) is 0.357. The van der Waals surface area contributed by atoms with E-state index in [1.807, 2.05) is 0 Å². The van der Waals surface area contributed by atoms with Gasteiger partial charge in [0.1, 0.15) is 0 Å². The Morgan fingerprint density at radius 3 is 2.33 bits per heavy atom. The van der Waals surface area contributed by atoms with Gasteiger partial charge in [-0.1, -0.05) is 29.4 Å². The van der Waals surface area contributed by atoms with Crippen molar-refractivity contribution < 1.29 is 27.3 Å². The van der Waals surface area contributed by atoms with Crippen LogP contribution < -0.4 is 0 Å². The molecule has 0 atom stereocenters. The molecule has 0 N–H and O–H groups in total. The number of hydroxylamine groups is 2. The average Bonchev–Trinajstić information content (AvgIpc) is 3.02. The number of halogens is 3. The first-order valence-corrected chi connectivity index (χ1v) is 6.75. The van der Waals surface area contributed by atoms with Crippen LogP contribution in [0, 0.1) is 0 Å². The Balaban J connectivity index is 2.13. The van der Waals surface area contributed by atoms with Gasteiger partial charge in [-0.2, -0.15) is 23.2 Å². The molecule has 2 rings (SSSR count). The molecule has 2 amide bonds. The van der Waals surface area contributed by atoms with Gasteiger partial charge in [0.25, 0.3) is 0 Å². The maximum atomic E-state index is 12.5. The highest BCUT2D eigenvalue weighted by molar-refractivity contribution is 5.72. The number of hydrogen-bond acceptors (Lipinski definition) is 5. The third-order valence-corrected chi connectivity index (χ3v) is 3.02. The van der Waals surface area contributed by atoms with Gasteiger partial charge in [0, 0.05) is 19.7 Å². The summed E-state index contributed by atoms with van der Waals surface area (Å²) in [6.07, 6.45) is -4.68. The summed E-state index contributed by atoms with van der Waals surface area (Å²) >= 11 is 0. The molecule has 0 bridgehead atoms. The Hall–Kier alpha value is -2.62. The molecule has 0 fully saturated rings. The van der Waals surface area contributed by atoms with Gasteiger partial charge in [0.2, 0.25) is 5.82 Å². The smallest absolute Gasteiger partial charge is 0.329 e. The lowest BCUT2D eigenvalue weighted by molar-refractivity contribution is -0.159. The minimum absolute atomic E-state index is 0.165. The topological polar surface area (TPSA) is 71.7 Å². The van der Waals surface area contributed by atoms with Gasteiger partial charge in [0.15, 0.2) is 0 Å². The summed E-state index contributed by atoms with van der Waals surface area (Å²) in [5, 5.41) is 4.45. The lowest BCUT2D eigenvalue weighted by Gasteiger charge is -2.23. The molecule has 1 aromatic heterocycles. The predicted molar refractivity (Wildman–Crippen MR) is 76.4 cm³/mol. The van der Waals surface area contributed by atoms with E-state index in [0.717, 1.165) is 10.6 Å². The molecule has 0 spiro atoms. The summed E-state index contributed by atoms with van der Waals surface area (Å²) in [6.45, 7) is 0.174. The number of hydrogen-bond donors (Lipinski definition) is 0. The van der Waals surface area contributed by atoms with Crippen molar-refractivity contribution in [3.05, 3.63) is 35.7 Å². The normalized spacial score (nSPS) is 11.4. The van der Waals surface area contributed by atoms with Gasteiger partial charge < -0.3 is 9.42 Å². The molecule has 7 nitrogen and oxygen atoms in total. The maximum absolute atomic E-state index is 12.5. The zero-order valence-corrected chi connectivity index (χ0v) is 13.2. The number of rotatable bonds is 4. The van der Waals surface area contributed by atoms with Crippen molar-refractivity contribution in [2.75, 3.05) is 21.2 Å². The second kappa shape index (κ2) is 6.87. The minimum Gasteiger partial charge on any atom is -0.329 e. The van der Waals surface area contributed by atoms with Crippen LogP contribution in [0.4, 0.5) is 18.0 Å². The molecule has 0 aliphatic rings. The van der Waals surface area contributed by atoms with Crippen molar-refractivity contribution in [1.29, 1.82) is 0 Å². The van der Waals surface area contributed by atoms with Gasteiger partial charge in [0.05, 0.1) is 13.7 Å². The van der Waals surface area contributed by atoms with E-state index in [-0.39, 0.29) is 18.4 Å². The highest BCUT2D eigenvalue weighted by Crippen LogP contribution is 2.29. The molecule has 2 aromatic rings. The average molecular weight is 344 g/mol. The number of amides is 2. The Labute approximate surface area is 135 Å². The summed E-state index contributed by atoms with van der Waals surface area (Å²) < 4.78 is 41.5.